The molecule has 1 aliphatic rings. The van der Waals surface area contributed by atoms with Gasteiger partial charge in [0.1, 0.15) is 6.04 Å². The molecular formula is C17H33NO3. The number of nitrogens with one attached hydrogen (secondary N) is 1. The molecule has 0 bridgehead atoms. The zero-order valence-corrected chi connectivity index (χ0v) is 13.9. The average Bonchev–Trinajstić information content (AvgIpc) is 3.28. The molecular weight excluding hydrogens is 266 g/mol. The first-order valence-corrected chi connectivity index (χ1v) is 8.78. The van der Waals surface area contributed by atoms with Crippen molar-refractivity contribution in [3.05, 3.63) is 0 Å². The number of hydrogen-bond donors (Lipinski definition) is 1. The lowest BCUT2D eigenvalue weighted by molar-refractivity contribution is -0.146. The van der Waals surface area contributed by atoms with E-state index in [0.717, 1.165) is 13.0 Å². The van der Waals surface area contributed by atoms with E-state index in [1.54, 1.807) is 0 Å². The molecule has 0 heterocycles. The Hall–Kier alpha value is -0.610. The highest BCUT2D eigenvalue weighted by atomic mass is 16.5. The van der Waals surface area contributed by atoms with Crippen LogP contribution in [0.4, 0.5) is 0 Å². The molecule has 4 nitrogen and oxygen atoms in total. The third kappa shape index (κ3) is 9.86. The van der Waals surface area contributed by atoms with Crippen molar-refractivity contribution in [1.82, 2.24) is 5.32 Å². The second kappa shape index (κ2) is 12.0. The van der Waals surface area contributed by atoms with Gasteiger partial charge >= 0.3 is 5.97 Å². The molecule has 1 atom stereocenters. The summed E-state index contributed by atoms with van der Waals surface area (Å²) in [5.74, 6) is -0.132. The van der Waals surface area contributed by atoms with Crippen molar-refractivity contribution in [2.75, 3.05) is 19.8 Å². The summed E-state index contributed by atoms with van der Waals surface area (Å²) in [7, 11) is 0. The van der Waals surface area contributed by atoms with Gasteiger partial charge in [0, 0.05) is 19.3 Å². The molecule has 1 unspecified atom stereocenters. The number of rotatable bonds is 14. The minimum Gasteiger partial charge on any atom is -0.465 e. The van der Waals surface area contributed by atoms with E-state index < -0.39 is 0 Å². The van der Waals surface area contributed by atoms with Crippen LogP contribution in [-0.2, 0) is 14.3 Å². The number of ether oxygens (including phenoxy) is 2. The Morgan fingerprint density at radius 2 is 1.81 bits per heavy atom. The number of carbonyl (C=O) groups is 1. The van der Waals surface area contributed by atoms with Crippen LogP contribution in [-0.4, -0.2) is 37.9 Å². The number of esters is 1. The van der Waals surface area contributed by atoms with Gasteiger partial charge in [0.25, 0.3) is 0 Å². The monoisotopic (exact) mass is 299 g/mol. The lowest BCUT2D eigenvalue weighted by Gasteiger charge is -2.16. The van der Waals surface area contributed by atoms with Gasteiger partial charge in [0.2, 0.25) is 0 Å². The molecule has 0 aromatic rings. The van der Waals surface area contributed by atoms with E-state index in [9.17, 15) is 4.79 Å². The van der Waals surface area contributed by atoms with Gasteiger partial charge in [-0.3, -0.25) is 4.79 Å². The van der Waals surface area contributed by atoms with Gasteiger partial charge in [-0.15, -0.1) is 0 Å². The van der Waals surface area contributed by atoms with Gasteiger partial charge in [0.15, 0.2) is 0 Å². The van der Waals surface area contributed by atoms with Crippen molar-refractivity contribution in [2.45, 2.75) is 83.7 Å². The van der Waals surface area contributed by atoms with Crippen molar-refractivity contribution in [2.24, 2.45) is 0 Å². The number of hydrogen-bond acceptors (Lipinski definition) is 4. The van der Waals surface area contributed by atoms with E-state index in [-0.39, 0.29) is 12.0 Å². The molecule has 0 saturated heterocycles. The highest BCUT2D eigenvalue weighted by Crippen LogP contribution is 2.20. The second-order valence-corrected chi connectivity index (χ2v) is 5.91. The molecule has 1 N–H and O–H groups in total. The first-order valence-electron chi connectivity index (χ1n) is 8.78. The molecule has 0 radical (unpaired) electrons. The van der Waals surface area contributed by atoms with Crippen LogP contribution < -0.4 is 5.32 Å². The van der Waals surface area contributed by atoms with E-state index in [4.69, 9.17) is 9.47 Å². The molecule has 0 spiro atoms. The van der Waals surface area contributed by atoms with Crippen LogP contribution >= 0.6 is 0 Å². The van der Waals surface area contributed by atoms with Gasteiger partial charge in [0.05, 0.1) is 6.61 Å². The summed E-state index contributed by atoms with van der Waals surface area (Å²) in [5.41, 5.74) is 0. The summed E-state index contributed by atoms with van der Waals surface area (Å²) in [6.45, 7) is 5.98. The summed E-state index contributed by atoms with van der Waals surface area (Å²) in [6.07, 6.45) is 10.7. The molecule has 21 heavy (non-hydrogen) atoms. The predicted molar refractivity (Wildman–Crippen MR) is 85.4 cm³/mol. The van der Waals surface area contributed by atoms with Crippen LogP contribution in [0.3, 0.4) is 0 Å². The second-order valence-electron chi connectivity index (χ2n) is 5.91. The Labute approximate surface area is 130 Å². The Bertz CT molecular complexity index is 267. The van der Waals surface area contributed by atoms with Crippen LogP contribution in [0.25, 0.3) is 0 Å². The SMILES string of the molecule is CCCCCCCCOCCC(NC1CC1)C(=O)OCC. The summed E-state index contributed by atoms with van der Waals surface area (Å²) in [6, 6.07) is 0.319. The van der Waals surface area contributed by atoms with E-state index >= 15 is 0 Å². The Morgan fingerprint density at radius 1 is 1.10 bits per heavy atom. The highest BCUT2D eigenvalue weighted by molar-refractivity contribution is 5.75. The zero-order chi connectivity index (χ0) is 15.3. The van der Waals surface area contributed by atoms with Gasteiger partial charge in [-0.1, -0.05) is 39.0 Å². The van der Waals surface area contributed by atoms with E-state index in [2.05, 4.69) is 12.2 Å². The number of unbranched alkanes of at least 4 members (excludes halogenated alkanes) is 5. The molecule has 0 amide bonds. The van der Waals surface area contributed by atoms with Crippen LogP contribution in [0.2, 0.25) is 0 Å². The Balaban J connectivity index is 2.00. The lowest BCUT2D eigenvalue weighted by Crippen LogP contribution is -2.40. The molecule has 4 heteroatoms. The van der Waals surface area contributed by atoms with Gasteiger partial charge in [-0.2, -0.15) is 0 Å². The van der Waals surface area contributed by atoms with Crippen molar-refractivity contribution in [1.29, 1.82) is 0 Å². The molecule has 0 aliphatic heterocycles. The summed E-state index contributed by atoms with van der Waals surface area (Å²) in [4.78, 5) is 11.8. The molecule has 124 valence electrons. The fraction of sp³-hybridized carbons (Fsp3) is 0.941. The van der Waals surface area contributed by atoms with E-state index in [0.29, 0.717) is 25.7 Å². The fourth-order valence-electron chi connectivity index (χ4n) is 2.33. The van der Waals surface area contributed by atoms with Gasteiger partial charge < -0.3 is 14.8 Å². The van der Waals surface area contributed by atoms with Crippen molar-refractivity contribution >= 4 is 5.97 Å². The van der Waals surface area contributed by atoms with Gasteiger partial charge in [-0.25, -0.2) is 0 Å². The Kier molecular flexibility index (Phi) is 10.5. The maximum Gasteiger partial charge on any atom is 0.323 e. The van der Waals surface area contributed by atoms with Crippen molar-refractivity contribution in [3.8, 4) is 0 Å². The maximum absolute atomic E-state index is 11.8. The molecule has 1 rings (SSSR count). The standard InChI is InChI=1S/C17H33NO3/c1-3-5-6-7-8-9-13-20-14-12-16(17(19)21-4-2)18-15-10-11-15/h15-16,18H,3-14H2,1-2H3. The third-order valence-corrected chi connectivity index (χ3v) is 3.78. The smallest absolute Gasteiger partial charge is 0.323 e. The molecule has 1 saturated carbocycles. The predicted octanol–water partition coefficient (Wildman–Crippen LogP) is 3.44. The topological polar surface area (TPSA) is 47.6 Å². The lowest BCUT2D eigenvalue weighted by atomic mass is 10.1. The largest absolute Gasteiger partial charge is 0.465 e. The minimum absolute atomic E-state index is 0.132. The van der Waals surface area contributed by atoms with Gasteiger partial charge in [-0.05, 0) is 32.6 Å². The normalized spacial score (nSPS) is 15.9. The molecule has 0 aromatic heterocycles. The molecule has 1 fully saturated rings. The van der Waals surface area contributed by atoms with Crippen molar-refractivity contribution < 1.29 is 14.3 Å². The quantitative estimate of drug-likeness (QED) is 0.394. The molecule has 1 aliphatic carbocycles. The molecule has 0 aromatic carbocycles. The van der Waals surface area contributed by atoms with E-state index in [1.807, 2.05) is 6.92 Å². The minimum atomic E-state index is -0.193. The average molecular weight is 299 g/mol. The highest BCUT2D eigenvalue weighted by Gasteiger charge is 2.28. The first-order chi connectivity index (χ1) is 10.3. The van der Waals surface area contributed by atoms with Crippen LogP contribution in [0, 0.1) is 0 Å². The summed E-state index contributed by atoms with van der Waals surface area (Å²) in [5, 5.41) is 3.35. The third-order valence-electron chi connectivity index (χ3n) is 3.78. The van der Waals surface area contributed by atoms with Crippen molar-refractivity contribution in [3.63, 3.8) is 0 Å². The Morgan fingerprint density at radius 3 is 2.48 bits per heavy atom. The van der Waals surface area contributed by atoms with Crippen LogP contribution in [0.1, 0.15) is 71.6 Å². The fourth-order valence-corrected chi connectivity index (χ4v) is 2.33. The first kappa shape index (κ1) is 18.4. The van der Waals surface area contributed by atoms with Crippen LogP contribution in [0.5, 0.6) is 0 Å². The summed E-state index contributed by atoms with van der Waals surface area (Å²) >= 11 is 0. The number of carbonyl (C=O) groups excluding carboxylic acids is 1. The van der Waals surface area contributed by atoms with E-state index in [1.165, 1.54) is 44.9 Å². The zero-order valence-electron chi connectivity index (χ0n) is 13.9. The maximum atomic E-state index is 11.8. The van der Waals surface area contributed by atoms with Crippen LogP contribution in [0.15, 0.2) is 0 Å². The summed E-state index contributed by atoms with van der Waals surface area (Å²) < 4.78 is 10.8.